The van der Waals surface area contributed by atoms with Gasteiger partial charge in [0.1, 0.15) is 0 Å². The number of nitrogens with zero attached hydrogens (tertiary/aromatic N) is 6. The molecule has 8 nitrogen and oxygen atoms in total. The predicted molar refractivity (Wildman–Crippen MR) is 50.2 cm³/mol. The molecule has 0 spiro atoms. The van der Waals surface area contributed by atoms with E-state index in [-0.39, 0.29) is 6.42 Å². The fourth-order valence-electron chi connectivity index (χ4n) is 0.680. The van der Waals surface area contributed by atoms with Gasteiger partial charge in [0, 0.05) is 17.9 Å². The van der Waals surface area contributed by atoms with Crippen molar-refractivity contribution in [3.63, 3.8) is 0 Å². The third-order valence-corrected chi connectivity index (χ3v) is 1.21. The van der Waals surface area contributed by atoms with Crippen molar-refractivity contribution in [3.05, 3.63) is 26.4 Å². The van der Waals surface area contributed by atoms with Crippen LogP contribution in [0.1, 0.15) is 25.7 Å². The van der Waals surface area contributed by atoms with E-state index >= 15 is 0 Å². The normalized spacial score (nSPS) is 7.43. The molecular formula is C6H11N6O2-. The summed E-state index contributed by atoms with van der Waals surface area (Å²) >= 11 is 0. The summed E-state index contributed by atoms with van der Waals surface area (Å²) in [4.78, 5) is 14.1. The first-order valence-electron chi connectivity index (χ1n) is 3.90. The first-order chi connectivity index (χ1) is 6.68. The van der Waals surface area contributed by atoms with Gasteiger partial charge in [0.2, 0.25) is 0 Å². The Morgan fingerprint density at radius 3 is 2.21 bits per heavy atom. The van der Waals surface area contributed by atoms with E-state index < -0.39 is 5.97 Å². The summed E-state index contributed by atoms with van der Waals surface area (Å²) in [6.45, 7) is 0.468. The highest BCUT2D eigenvalue weighted by Gasteiger charge is 1.94. The summed E-state index contributed by atoms with van der Waals surface area (Å²) < 4.78 is 0. The fourth-order valence-corrected chi connectivity index (χ4v) is 0.680. The maximum absolute atomic E-state index is 10.0. The zero-order valence-corrected chi connectivity index (χ0v) is 7.57. The molecule has 1 N–H and O–H groups in total. The van der Waals surface area contributed by atoms with E-state index in [4.69, 9.17) is 21.7 Å². The number of carbonyl (C=O) groups is 1. The summed E-state index contributed by atoms with van der Waals surface area (Å²) in [7, 11) is 0. The average Bonchev–Trinajstić information content (AvgIpc) is 2.12. The fraction of sp³-hybridized carbons (Fsp3) is 0.833. The molecule has 0 atom stereocenters. The highest BCUT2D eigenvalue weighted by Crippen LogP contribution is 1.99. The highest BCUT2D eigenvalue weighted by molar-refractivity contribution is 5.66. The van der Waals surface area contributed by atoms with E-state index in [0.29, 0.717) is 13.0 Å². The lowest BCUT2D eigenvalue weighted by Crippen LogP contribution is -1.93. The summed E-state index contributed by atoms with van der Waals surface area (Å²) in [5.74, 6) is -0.770. The highest BCUT2D eigenvalue weighted by atomic mass is 16.4. The Balaban J connectivity index is 0. The summed E-state index contributed by atoms with van der Waals surface area (Å²) in [6.07, 6.45) is 2.45. The van der Waals surface area contributed by atoms with E-state index in [2.05, 4.69) is 10.0 Å². The van der Waals surface area contributed by atoms with Crippen LogP contribution in [0.5, 0.6) is 0 Å². The molecule has 0 aromatic heterocycles. The number of rotatable bonds is 6. The van der Waals surface area contributed by atoms with Crippen molar-refractivity contribution in [1.29, 1.82) is 0 Å². The molecule has 0 rings (SSSR count). The van der Waals surface area contributed by atoms with Gasteiger partial charge in [0.05, 0.1) is 0 Å². The summed E-state index contributed by atoms with van der Waals surface area (Å²) in [6, 6.07) is 0. The van der Waals surface area contributed by atoms with E-state index in [1.54, 1.807) is 0 Å². The van der Waals surface area contributed by atoms with Crippen LogP contribution in [0.2, 0.25) is 0 Å². The molecule has 0 fully saturated rings. The Kier molecular flexibility index (Phi) is 14.3. The van der Waals surface area contributed by atoms with E-state index in [1.165, 1.54) is 4.91 Å². The number of hydrogen-bond acceptors (Lipinski definition) is 2. The van der Waals surface area contributed by atoms with Gasteiger partial charge in [-0.2, -0.15) is 0 Å². The Morgan fingerprint density at radius 2 is 1.79 bits per heavy atom. The molecule has 14 heavy (non-hydrogen) atoms. The molecule has 0 aliphatic rings. The molecule has 0 heterocycles. The zero-order valence-electron chi connectivity index (χ0n) is 7.57. The number of azide groups is 1. The topological polar surface area (TPSA) is 145 Å². The van der Waals surface area contributed by atoms with Gasteiger partial charge in [-0.05, 0) is 18.4 Å². The lowest BCUT2D eigenvalue weighted by molar-refractivity contribution is -0.137. The largest absolute Gasteiger partial charge is 0.481 e. The van der Waals surface area contributed by atoms with E-state index in [9.17, 15) is 4.79 Å². The van der Waals surface area contributed by atoms with Crippen molar-refractivity contribution < 1.29 is 9.90 Å². The Morgan fingerprint density at radius 1 is 1.21 bits per heavy atom. The first kappa shape index (κ1) is 14.6. The molecule has 8 heteroatoms. The molecule has 78 valence electrons. The SMILES string of the molecule is [N-]=[N+]=NCCCCCC(=O)O.[N-]=[N+]=[N-]. The zero-order chi connectivity index (χ0) is 11.2. The molecule has 0 aromatic rings. The van der Waals surface area contributed by atoms with Gasteiger partial charge in [-0.15, -0.1) is 0 Å². The molecule has 0 aliphatic heterocycles. The minimum Gasteiger partial charge on any atom is -0.481 e. The molecule has 0 aromatic carbocycles. The summed E-state index contributed by atoms with van der Waals surface area (Å²) in [5.41, 5.74) is 21.4. The second kappa shape index (κ2) is 13.7. The number of aliphatic carboxylic acids is 1. The maximum atomic E-state index is 10.0. The molecule has 0 saturated heterocycles. The van der Waals surface area contributed by atoms with Crippen molar-refractivity contribution in [2.45, 2.75) is 25.7 Å². The van der Waals surface area contributed by atoms with Crippen LogP contribution in [-0.4, -0.2) is 17.6 Å². The quantitative estimate of drug-likeness (QED) is 0.303. The van der Waals surface area contributed by atoms with Crippen molar-refractivity contribution in [2.75, 3.05) is 6.54 Å². The smallest absolute Gasteiger partial charge is 0.303 e. The van der Waals surface area contributed by atoms with Gasteiger partial charge in [0.15, 0.2) is 0 Å². The van der Waals surface area contributed by atoms with Gasteiger partial charge in [-0.1, -0.05) is 11.5 Å². The molecule has 0 saturated carbocycles. The third-order valence-electron chi connectivity index (χ3n) is 1.21. The van der Waals surface area contributed by atoms with Crippen LogP contribution in [0.25, 0.3) is 26.4 Å². The van der Waals surface area contributed by atoms with Crippen LogP contribution in [0, 0.1) is 0 Å². The van der Waals surface area contributed by atoms with Crippen LogP contribution >= 0.6 is 0 Å². The van der Waals surface area contributed by atoms with Crippen molar-refractivity contribution >= 4 is 5.97 Å². The Bertz CT molecular complexity index is 224. The lowest BCUT2D eigenvalue weighted by Gasteiger charge is -1.93. The van der Waals surface area contributed by atoms with Crippen LogP contribution in [-0.2, 0) is 4.79 Å². The molecule has 0 bridgehead atoms. The van der Waals surface area contributed by atoms with Gasteiger partial charge >= 0.3 is 5.97 Å². The molecule has 0 unspecified atom stereocenters. The van der Waals surface area contributed by atoms with Crippen molar-refractivity contribution in [2.24, 2.45) is 5.11 Å². The minimum atomic E-state index is -0.770. The average molecular weight is 199 g/mol. The number of carboxylic acids is 1. The Hall–Kier alpha value is -1.91. The maximum Gasteiger partial charge on any atom is 0.303 e. The second-order valence-electron chi connectivity index (χ2n) is 2.25. The standard InChI is InChI=1S/C6H11N3O2.N3/c7-9-8-5-3-1-2-4-6(10)11;1-3-2/h1-5H2,(H,10,11);/q;-1. The van der Waals surface area contributed by atoms with Crippen LogP contribution < -0.4 is 0 Å². The molecule has 0 aliphatic carbocycles. The van der Waals surface area contributed by atoms with E-state index in [0.717, 1.165) is 12.8 Å². The van der Waals surface area contributed by atoms with Crippen LogP contribution in [0.15, 0.2) is 5.11 Å². The molecule has 0 radical (unpaired) electrons. The molecule has 0 amide bonds. The van der Waals surface area contributed by atoms with Gasteiger partial charge in [-0.25, -0.2) is 0 Å². The van der Waals surface area contributed by atoms with Crippen molar-refractivity contribution in [1.82, 2.24) is 0 Å². The van der Waals surface area contributed by atoms with Gasteiger partial charge < -0.3 is 16.2 Å². The lowest BCUT2D eigenvalue weighted by atomic mass is 10.2. The minimum absolute atomic E-state index is 0.205. The number of hydrogen-bond donors (Lipinski definition) is 1. The van der Waals surface area contributed by atoms with Gasteiger partial charge in [-0.3, -0.25) is 9.71 Å². The van der Waals surface area contributed by atoms with Gasteiger partial charge in [0.25, 0.3) is 0 Å². The Labute approximate surface area is 80.6 Å². The predicted octanol–water partition coefficient (Wildman–Crippen LogP) is 2.81. The number of carboxylic acid groups (broad SMARTS) is 1. The third kappa shape index (κ3) is 22.5. The summed E-state index contributed by atoms with van der Waals surface area (Å²) in [5, 5.41) is 11.6. The molecular weight excluding hydrogens is 188 g/mol. The van der Waals surface area contributed by atoms with Crippen molar-refractivity contribution in [3.8, 4) is 0 Å². The van der Waals surface area contributed by atoms with Crippen LogP contribution in [0.4, 0.5) is 0 Å². The van der Waals surface area contributed by atoms with Crippen LogP contribution in [0.3, 0.4) is 0 Å². The number of unbranched alkanes of at least 4 members (excludes halogenated alkanes) is 2. The monoisotopic (exact) mass is 199 g/mol. The van der Waals surface area contributed by atoms with E-state index in [1.807, 2.05) is 0 Å². The first-order valence-corrected chi connectivity index (χ1v) is 3.90. The second-order valence-corrected chi connectivity index (χ2v) is 2.25.